The second kappa shape index (κ2) is 6.71. The zero-order chi connectivity index (χ0) is 16.4. The van der Waals surface area contributed by atoms with Crippen LogP contribution in [0.15, 0.2) is 18.2 Å². The molecule has 5 heteroatoms. The summed E-state index contributed by atoms with van der Waals surface area (Å²) in [6.07, 6.45) is 2.83. The lowest BCUT2D eigenvalue weighted by Crippen LogP contribution is -2.33. The van der Waals surface area contributed by atoms with Gasteiger partial charge in [-0.2, -0.15) is 0 Å². The van der Waals surface area contributed by atoms with E-state index in [1.54, 1.807) is 0 Å². The van der Waals surface area contributed by atoms with Gasteiger partial charge in [-0.05, 0) is 44.2 Å². The van der Waals surface area contributed by atoms with E-state index >= 15 is 0 Å². The number of aryl methyl sites for hydroxylation is 2. The van der Waals surface area contributed by atoms with Crippen molar-refractivity contribution >= 4 is 17.5 Å². The molecule has 1 heterocycles. The monoisotopic (exact) mass is 316 g/mol. The summed E-state index contributed by atoms with van der Waals surface area (Å²) >= 11 is 0. The van der Waals surface area contributed by atoms with E-state index in [1.165, 1.54) is 0 Å². The van der Waals surface area contributed by atoms with E-state index in [9.17, 15) is 9.59 Å². The van der Waals surface area contributed by atoms with Crippen LogP contribution in [0.1, 0.15) is 30.4 Å². The highest BCUT2D eigenvalue weighted by Crippen LogP contribution is 2.40. The lowest BCUT2D eigenvalue weighted by molar-refractivity contribution is -0.125. The Morgan fingerprint density at radius 2 is 1.87 bits per heavy atom. The first-order valence-electron chi connectivity index (χ1n) is 8.32. The Bertz CT molecular complexity index is 588. The summed E-state index contributed by atoms with van der Waals surface area (Å²) in [6.45, 7) is 5.29. The van der Waals surface area contributed by atoms with Crippen molar-refractivity contribution in [2.45, 2.75) is 39.2 Å². The van der Waals surface area contributed by atoms with Crippen LogP contribution in [0.4, 0.5) is 5.69 Å². The Balaban J connectivity index is 1.49. The second-order valence-electron chi connectivity index (χ2n) is 6.58. The van der Waals surface area contributed by atoms with Crippen LogP contribution in [0.5, 0.6) is 0 Å². The number of hydrogen-bond acceptors (Lipinski definition) is 3. The zero-order valence-corrected chi connectivity index (χ0v) is 13.7. The molecule has 0 bridgehead atoms. The molecule has 2 amide bonds. The van der Waals surface area contributed by atoms with Crippen molar-refractivity contribution in [3.05, 3.63) is 29.3 Å². The van der Waals surface area contributed by atoms with Crippen molar-refractivity contribution in [2.75, 3.05) is 18.5 Å². The lowest BCUT2D eigenvalue weighted by Gasteiger charge is -2.12. The molecule has 1 aromatic rings. The molecule has 0 radical (unpaired) electrons. The Morgan fingerprint density at radius 1 is 1.17 bits per heavy atom. The molecule has 1 aliphatic carbocycles. The number of para-hydroxylation sites is 1. The minimum Gasteiger partial charge on any atom is -0.376 e. The van der Waals surface area contributed by atoms with E-state index in [0.717, 1.165) is 36.3 Å². The van der Waals surface area contributed by atoms with Gasteiger partial charge in [0.2, 0.25) is 11.8 Å². The van der Waals surface area contributed by atoms with Crippen LogP contribution in [-0.2, 0) is 14.3 Å². The summed E-state index contributed by atoms with van der Waals surface area (Å²) in [4.78, 5) is 24.5. The molecule has 1 saturated heterocycles. The Hall–Kier alpha value is -1.88. The number of ether oxygens (including phenoxy) is 1. The van der Waals surface area contributed by atoms with Crippen molar-refractivity contribution in [1.29, 1.82) is 0 Å². The van der Waals surface area contributed by atoms with Crippen molar-refractivity contribution in [1.82, 2.24) is 5.32 Å². The van der Waals surface area contributed by atoms with Gasteiger partial charge in [0.25, 0.3) is 0 Å². The third-order valence-corrected chi connectivity index (χ3v) is 4.72. The maximum atomic E-state index is 12.3. The summed E-state index contributed by atoms with van der Waals surface area (Å²) in [6, 6.07) is 5.92. The van der Waals surface area contributed by atoms with Crippen molar-refractivity contribution in [2.24, 2.45) is 11.8 Å². The minimum absolute atomic E-state index is 0.0258. The number of benzene rings is 1. The Morgan fingerprint density at radius 3 is 2.52 bits per heavy atom. The molecule has 0 aromatic heterocycles. The Labute approximate surface area is 136 Å². The number of carbonyl (C=O) groups is 2. The number of hydrogen-bond donors (Lipinski definition) is 2. The highest BCUT2D eigenvalue weighted by molar-refractivity contribution is 6.00. The summed E-state index contributed by atoms with van der Waals surface area (Å²) in [5.74, 6) is -0.485. The third kappa shape index (κ3) is 3.72. The van der Waals surface area contributed by atoms with Gasteiger partial charge in [-0.25, -0.2) is 0 Å². The molecule has 3 atom stereocenters. The largest absolute Gasteiger partial charge is 0.376 e. The second-order valence-corrected chi connectivity index (χ2v) is 6.58. The number of carbonyl (C=O) groups excluding carboxylic acids is 2. The molecule has 0 spiro atoms. The third-order valence-electron chi connectivity index (χ3n) is 4.72. The predicted octanol–water partition coefficient (Wildman–Crippen LogP) is 2.17. The first-order valence-corrected chi connectivity index (χ1v) is 8.32. The minimum atomic E-state index is -0.210. The maximum Gasteiger partial charge on any atom is 0.228 e. The number of nitrogens with one attached hydrogen (secondary N) is 2. The summed E-state index contributed by atoms with van der Waals surface area (Å²) in [5, 5.41) is 5.89. The van der Waals surface area contributed by atoms with Crippen LogP contribution in [0.3, 0.4) is 0 Å². The molecular formula is C18H24N2O3. The predicted molar refractivity (Wildman–Crippen MR) is 88.1 cm³/mol. The first-order chi connectivity index (χ1) is 11.1. The summed E-state index contributed by atoms with van der Waals surface area (Å²) < 4.78 is 5.49. The highest BCUT2D eigenvalue weighted by atomic mass is 16.5. The van der Waals surface area contributed by atoms with Gasteiger partial charge < -0.3 is 15.4 Å². The normalized spacial score (nSPS) is 25.9. The van der Waals surface area contributed by atoms with E-state index in [2.05, 4.69) is 10.6 Å². The summed E-state index contributed by atoms with van der Waals surface area (Å²) in [7, 11) is 0. The van der Waals surface area contributed by atoms with Crippen molar-refractivity contribution in [3.8, 4) is 0 Å². The van der Waals surface area contributed by atoms with Crippen LogP contribution < -0.4 is 10.6 Å². The van der Waals surface area contributed by atoms with Gasteiger partial charge in [-0.3, -0.25) is 9.59 Å². The average molecular weight is 316 g/mol. The Kier molecular flexibility index (Phi) is 4.66. The highest BCUT2D eigenvalue weighted by Gasteiger charge is 2.48. The molecular weight excluding hydrogens is 292 g/mol. The van der Waals surface area contributed by atoms with Gasteiger partial charge in [0, 0.05) is 18.8 Å². The van der Waals surface area contributed by atoms with Gasteiger partial charge in [0.15, 0.2) is 0 Å². The van der Waals surface area contributed by atoms with Gasteiger partial charge in [-0.15, -0.1) is 0 Å². The first kappa shape index (κ1) is 16.0. The van der Waals surface area contributed by atoms with Crippen LogP contribution in [-0.4, -0.2) is 31.1 Å². The lowest BCUT2D eigenvalue weighted by atomic mass is 10.1. The van der Waals surface area contributed by atoms with Gasteiger partial charge >= 0.3 is 0 Å². The van der Waals surface area contributed by atoms with Crippen LogP contribution in [0, 0.1) is 25.7 Å². The molecule has 5 nitrogen and oxygen atoms in total. The van der Waals surface area contributed by atoms with E-state index in [0.29, 0.717) is 13.0 Å². The van der Waals surface area contributed by atoms with Crippen LogP contribution in [0.2, 0.25) is 0 Å². The smallest absolute Gasteiger partial charge is 0.228 e. The maximum absolute atomic E-state index is 12.3. The fourth-order valence-electron chi connectivity index (χ4n) is 3.15. The quantitative estimate of drug-likeness (QED) is 0.875. The summed E-state index contributed by atoms with van der Waals surface area (Å²) in [5.41, 5.74) is 2.94. The standard InChI is InChI=1S/C18H24N2O3/c1-11-5-3-6-12(2)16(11)20-18(22)15-9-14(15)17(21)19-10-13-7-4-8-23-13/h3,5-6,13-15H,4,7-10H2,1-2H3,(H,19,21)(H,20,22). The molecule has 3 rings (SSSR count). The van der Waals surface area contributed by atoms with E-state index < -0.39 is 0 Å². The molecule has 2 fully saturated rings. The van der Waals surface area contributed by atoms with Gasteiger partial charge in [0.1, 0.15) is 0 Å². The molecule has 1 aromatic carbocycles. The van der Waals surface area contributed by atoms with E-state index in [1.807, 2.05) is 32.0 Å². The fraction of sp³-hybridized carbons (Fsp3) is 0.556. The van der Waals surface area contributed by atoms with Crippen molar-refractivity contribution in [3.63, 3.8) is 0 Å². The van der Waals surface area contributed by atoms with Crippen molar-refractivity contribution < 1.29 is 14.3 Å². The molecule has 2 aliphatic rings. The molecule has 2 N–H and O–H groups in total. The molecule has 1 saturated carbocycles. The van der Waals surface area contributed by atoms with Crippen LogP contribution in [0.25, 0.3) is 0 Å². The average Bonchev–Trinajstić information content (AvgIpc) is 3.16. The zero-order valence-electron chi connectivity index (χ0n) is 13.7. The number of rotatable bonds is 5. The van der Waals surface area contributed by atoms with E-state index in [-0.39, 0.29) is 29.8 Å². The van der Waals surface area contributed by atoms with E-state index in [4.69, 9.17) is 4.74 Å². The molecule has 3 unspecified atom stereocenters. The van der Waals surface area contributed by atoms with Gasteiger partial charge in [-0.1, -0.05) is 18.2 Å². The molecule has 124 valence electrons. The SMILES string of the molecule is Cc1cccc(C)c1NC(=O)C1CC1C(=O)NCC1CCCO1. The van der Waals surface area contributed by atoms with Gasteiger partial charge in [0.05, 0.1) is 17.9 Å². The number of anilines is 1. The van der Waals surface area contributed by atoms with Crippen LogP contribution >= 0.6 is 0 Å². The molecule has 23 heavy (non-hydrogen) atoms. The molecule has 1 aliphatic heterocycles. The number of amides is 2. The topological polar surface area (TPSA) is 67.4 Å². The fourth-order valence-corrected chi connectivity index (χ4v) is 3.15.